The topological polar surface area (TPSA) is 80.9 Å². The number of aliphatic hydroxyl groups excluding tert-OH is 4. The van der Waals surface area contributed by atoms with Crippen molar-refractivity contribution in [3.8, 4) is 0 Å². The third kappa shape index (κ3) is 170. The molecule has 0 rings (SSSR count). The first-order chi connectivity index (χ1) is 17.5. The molecule has 0 aliphatic heterocycles. The Labute approximate surface area is 256 Å². The van der Waals surface area contributed by atoms with Crippen LogP contribution in [0.4, 0.5) is 0 Å². The molecule has 0 saturated carbocycles. The Bertz CT molecular complexity index is 387. The van der Waals surface area contributed by atoms with Gasteiger partial charge in [-0.2, -0.15) is 0 Å². The van der Waals surface area contributed by atoms with Crippen molar-refractivity contribution in [1.82, 2.24) is 0 Å². The minimum Gasteiger partial charge on any atom is -0.396 e. The first-order valence-electron chi connectivity index (χ1n) is 13.7. The Morgan fingerprint density at radius 3 is 0.625 bits per heavy atom. The molecule has 0 atom stereocenters. The van der Waals surface area contributed by atoms with Crippen LogP contribution in [-0.2, 0) is 0 Å². The highest BCUT2D eigenvalue weighted by Gasteiger charge is 1.73. The van der Waals surface area contributed by atoms with Gasteiger partial charge < -0.3 is 20.4 Å². The van der Waals surface area contributed by atoms with Crippen LogP contribution in [0.5, 0.6) is 0 Å². The van der Waals surface area contributed by atoms with E-state index in [1.165, 1.54) is 12.8 Å². The van der Waals surface area contributed by atoms with Crippen LogP contribution < -0.4 is 0 Å². The zero-order valence-electron chi connectivity index (χ0n) is 24.9. The van der Waals surface area contributed by atoms with Gasteiger partial charge in [0.05, 0.1) is 0 Å². The van der Waals surface area contributed by atoms with Crippen LogP contribution in [0.25, 0.3) is 0 Å². The third-order valence-corrected chi connectivity index (χ3v) is 3.37. The Hall–Kier alpha value is -1.72. The van der Waals surface area contributed by atoms with Gasteiger partial charge in [0.2, 0.25) is 0 Å². The zero-order valence-corrected chi connectivity index (χ0v) is 24.9. The van der Waals surface area contributed by atoms with E-state index < -0.39 is 0 Å². The largest absolute Gasteiger partial charge is 0.396 e. The van der Waals surface area contributed by atoms with Gasteiger partial charge >= 0.3 is 0 Å². The molecule has 0 aromatic carbocycles. The molecule has 0 aromatic rings. The second-order valence-electron chi connectivity index (χ2n) is 6.96. The predicted octanol–water partition coefficient (Wildman–Crippen LogP) is 11.0. The Balaban J connectivity index is -0.0000000336. The predicted molar refractivity (Wildman–Crippen MR) is 192 cm³/mol. The van der Waals surface area contributed by atoms with Crippen LogP contribution in [0.1, 0.15) is 135 Å². The molecule has 0 aromatic heterocycles. The van der Waals surface area contributed by atoms with Gasteiger partial charge in [-0.15, -0.1) is 13.2 Å². The lowest BCUT2D eigenvalue weighted by molar-refractivity contribution is 0.298. The van der Waals surface area contributed by atoms with Crippen molar-refractivity contribution in [2.45, 2.75) is 135 Å². The maximum absolute atomic E-state index is 8.25. The maximum Gasteiger partial charge on any atom is 0.0465 e. The van der Waals surface area contributed by atoms with Crippen molar-refractivity contribution >= 4 is 0 Å². The van der Waals surface area contributed by atoms with Gasteiger partial charge in [-0.25, -0.2) is 0 Å². The molecule has 0 spiro atoms. The average molecular weight is 577 g/mol. The van der Waals surface area contributed by atoms with Crippen LogP contribution in [0.2, 0.25) is 0 Å². The van der Waals surface area contributed by atoms with E-state index in [2.05, 4.69) is 79.0 Å². The van der Waals surface area contributed by atoms with E-state index in [1.807, 2.05) is 36.5 Å². The number of hydrogen-bond donors (Lipinski definition) is 4. The van der Waals surface area contributed by atoms with Crippen LogP contribution in [0.3, 0.4) is 0 Å². The highest BCUT2D eigenvalue weighted by molar-refractivity contribution is 4.81. The maximum atomic E-state index is 8.25. The molecule has 0 aliphatic rings. The first kappa shape index (κ1) is 66.5. The lowest BCUT2D eigenvalue weighted by atomic mass is 10.3. The molecule has 0 heterocycles. The number of aliphatic hydroxyl groups is 4. The van der Waals surface area contributed by atoms with E-state index in [1.54, 1.807) is 0 Å². The number of allylic oxidation sites excluding steroid dienone is 6. The van der Waals surface area contributed by atoms with Gasteiger partial charge in [0.15, 0.2) is 0 Å². The van der Waals surface area contributed by atoms with Crippen LogP contribution in [-0.4, -0.2) is 46.9 Å². The highest BCUT2D eigenvalue weighted by Crippen LogP contribution is 1.84. The summed E-state index contributed by atoms with van der Waals surface area (Å²) in [4.78, 5) is 0. The zero-order chi connectivity index (χ0) is 29.0. The molecule has 248 valence electrons. The molecule has 0 radical (unpaired) electrons. The van der Waals surface area contributed by atoms with E-state index in [-0.39, 0.29) is 56.1 Å². The fraction of sp³-hybridized carbons (Fsp3) is 0.667. The van der Waals surface area contributed by atoms with Crippen LogP contribution in [0.15, 0.2) is 73.9 Å². The van der Waals surface area contributed by atoms with Gasteiger partial charge in [-0.05, 0) is 64.2 Å². The summed E-state index contributed by atoms with van der Waals surface area (Å²) in [5.41, 5.74) is 0. The number of hydrogen-bond acceptors (Lipinski definition) is 4. The summed E-state index contributed by atoms with van der Waals surface area (Å²) in [5, 5.41) is 33.0. The molecule has 40 heavy (non-hydrogen) atoms. The third-order valence-electron chi connectivity index (χ3n) is 3.37. The molecule has 0 amide bonds. The lowest BCUT2D eigenvalue weighted by Crippen LogP contribution is -1.78. The Kier molecular flexibility index (Phi) is 164. The van der Waals surface area contributed by atoms with Gasteiger partial charge in [0.1, 0.15) is 0 Å². The highest BCUT2D eigenvalue weighted by atomic mass is 16.3. The molecule has 0 saturated heterocycles. The molecule has 0 fully saturated rings. The van der Waals surface area contributed by atoms with Crippen LogP contribution in [0, 0.1) is 0 Å². The molecule has 4 N–H and O–H groups in total. The van der Waals surface area contributed by atoms with Gasteiger partial charge in [0, 0.05) is 26.4 Å². The fourth-order valence-corrected chi connectivity index (χ4v) is 1.44. The first-order valence-corrected chi connectivity index (χ1v) is 13.7. The average Bonchev–Trinajstić information content (AvgIpc) is 2.92. The van der Waals surface area contributed by atoms with Crippen molar-refractivity contribution < 1.29 is 20.4 Å². The fourth-order valence-electron chi connectivity index (χ4n) is 1.44. The molecule has 0 aliphatic carbocycles. The van der Waals surface area contributed by atoms with E-state index in [4.69, 9.17) is 20.4 Å². The summed E-state index contributed by atoms with van der Waals surface area (Å²) in [5.74, 6) is 0. The Morgan fingerprint density at radius 2 is 0.500 bits per heavy atom. The van der Waals surface area contributed by atoms with Gasteiger partial charge in [-0.1, -0.05) is 132 Å². The summed E-state index contributed by atoms with van der Waals surface area (Å²) in [6.07, 6.45) is 29.5. The quantitative estimate of drug-likeness (QED) is 0.155. The molecule has 0 unspecified atom stereocenters. The van der Waals surface area contributed by atoms with Crippen molar-refractivity contribution in [2.75, 3.05) is 26.4 Å². The van der Waals surface area contributed by atoms with Crippen molar-refractivity contribution in [3.05, 3.63) is 73.9 Å². The summed E-state index contributed by atoms with van der Waals surface area (Å²) in [6.45, 7) is 20.5. The summed E-state index contributed by atoms with van der Waals surface area (Å²) in [7, 11) is 0. The van der Waals surface area contributed by atoms with E-state index in [9.17, 15) is 0 Å². The second-order valence-corrected chi connectivity index (χ2v) is 6.96. The molecular formula is C36H80O4. The van der Waals surface area contributed by atoms with Gasteiger partial charge in [-0.3, -0.25) is 0 Å². The van der Waals surface area contributed by atoms with Crippen molar-refractivity contribution in [2.24, 2.45) is 0 Å². The normalized spacial score (nSPS) is 8.65. The molecule has 4 heteroatoms. The van der Waals surface area contributed by atoms with E-state index in [0.717, 1.165) is 38.5 Å². The minimum atomic E-state index is 0. The summed E-state index contributed by atoms with van der Waals surface area (Å²) in [6, 6.07) is 0. The second kappa shape index (κ2) is 98.9. The summed E-state index contributed by atoms with van der Waals surface area (Å²) < 4.78 is 0. The molecule has 4 nitrogen and oxygen atoms in total. The standard InChI is InChI=1S/C6H12O2.2C6H12O.C6H12.2C4H8.4CH4/c7-5-3-1-2-4-6-8;2*1-2-3-4-5-6-7;1-3-5-6-4-2;2*1-3-4-2;;;;/h1-2,7-8H,3-6H2;2*3-4,7H,2,5-6H2,1H3;5-6H,3-4H2,1-2H3;2*3H,1,4H2,2H3;4*1H4/b2-1+;2*4-3+;6-5+;;;;;;. The van der Waals surface area contributed by atoms with Crippen molar-refractivity contribution in [1.29, 1.82) is 0 Å². The molecular weight excluding hydrogens is 496 g/mol. The van der Waals surface area contributed by atoms with Crippen LogP contribution >= 0.6 is 0 Å². The minimum absolute atomic E-state index is 0. The van der Waals surface area contributed by atoms with Gasteiger partial charge in [0.25, 0.3) is 0 Å². The Morgan fingerprint density at radius 1 is 0.350 bits per heavy atom. The summed E-state index contributed by atoms with van der Waals surface area (Å²) >= 11 is 0. The monoisotopic (exact) mass is 577 g/mol. The van der Waals surface area contributed by atoms with E-state index >= 15 is 0 Å². The van der Waals surface area contributed by atoms with Crippen molar-refractivity contribution in [3.63, 3.8) is 0 Å². The molecule has 0 bridgehead atoms. The lowest BCUT2D eigenvalue weighted by Gasteiger charge is -1.83. The number of rotatable bonds is 14. The van der Waals surface area contributed by atoms with E-state index in [0.29, 0.717) is 12.8 Å². The SMILES string of the molecule is C.C.C.C.C=CCC.C=CCC.CC/C=C/CC.CC/C=C/CCO.CC/C=C/CCO.OCC/C=C/CCO. The smallest absolute Gasteiger partial charge is 0.0465 e.